The molecule has 0 aromatic carbocycles. The lowest BCUT2D eigenvalue weighted by molar-refractivity contribution is -0.131. The predicted octanol–water partition coefficient (Wildman–Crippen LogP) is -0.463. The van der Waals surface area contributed by atoms with Gasteiger partial charge >= 0.3 is 0 Å². The largest absolute Gasteiger partial charge is 0.321 e. The number of ketones is 2. The SMILES string of the molecule is NC(C=O)CC1=CC(=O)C(=O)C=C1. The van der Waals surface area contributed by atoms with Crippen molar-refractivity contribution in [2.75, 3.05) is 0 Å². The molecule has 0 radical (unpaired) electrons. The number of carbonyl (C=O) groups excluding carboxylic acids is 3. The molecule has 4 nitrogen and oxygen atoms in total. The maximum Gasteiger partial charge on any atom is 0.225 e. The number of nitrogens with two attached hydrogens (primary N) is 1. The molecule has 2 N–H and O–H groups in total. The highest BCUT2D eigenvalue weighted by Crippen LogP contribution is 2.09. The van der Waals surface area contributed by atoms with E-state index in [1.54, 1.807) is 0 Å². The number of carbonyl (C=O) groups is 3. The first-order chi connectivity index (χ1) is 6.13. The van der Waals surface area contributed by atoms with Gasteiger partial charge in [0.25, 0.3) is 0 Å². The number of hydrogen-bond donors (Lipinski definition) is 1. The molecule has 1 rings (SSSR count). The third-order valence-electron chi connectivity index (χ3n) is 1.65. The minimum Gasteiger partial charge on any atom is -0.321 e. The third-order valence-corrected chi connectivity index (χ3v) is 1.65. The summed E-state index contributed by atoms with van der Waals surface area (Å²) in [4.78, 5) is 31.8. The van der Waals surface area contributed by atoms with Crippen LogP contribution in [0.1, 0.15) is 6.42 Å². The molecule has 1 aliphatic carbocycles. The highest BCUT2D eigenvalue weighted by Gasteiger charge is 2.14. The number of aldehydes is 1. The number of hydrogen-bond acceptors (Lipinski definition) is 4. The van der Waals surface area contributed by atoms with Crippen LogP contribution in [0.2, 0.25) is 0 Å². The summed E-state index contributed by atoms with van der Waals surface area (Å²) >= 11 is 0. The molecule has 0 amide bonds. The zero-order valence-corrected chi connectivity index (χ0v) is 6.90. The van der Waals surface area contributed by atoms with Crippen molar-refractivity contribution in [1.82, 2.24) is 0 Å². The molecule has 0 spiro atoms. The Kier molecular flexibility index (Phi) is 2.87. The van der Waals surface area contributed by atoms with Gasteiger partial charge in [0, 0.05) is 0 Å². The first-order valence-electron chi connectivity index (χ1n) is 3.81. The van der Waals surface area contributed by atoms with Crippen LogP contribution >= 0.6 is 0 Å². The monoisotopic (exact) mass is 179 g/mol. The van der Waals surface area contributed by atoms with Gasteiger partial charge in [-0.2, -0.15) is 0 Å². The Hall–Kier alpha value is -1.55. The van der Waals surface area contributed by atoms with E-state index in [1.807, 2.05) is 0 Å². The lowest BCUT2D eigenvalue weighted by Gasteiger charge is -2.06. The molecule has 0 heterocycles. The van der Waals surface area contributed by atoms with Crippen LogP contribution in [0.15, 0.2) is 23.8 Å². The Morgan fingerprint density at radius 1 is 1.31 bits per heavy atom. The molecule has 68 valence electrons. The quantitative estimate of drug-likeness (QED) is 0.361. The molecule has 1 aliphatic rings. The van der Waals surface area contributed by atoms with E-state index >= 15 is 0 Å². The molecule has 0 aromatic heterocycles. The summed E-state index contributed by atoms with van der Waals surface area (Å²) < 4.78 is 0. The molecule has 0 saturated carbocycles. The second kappa shape index (κ2) is 3.91. The molecule has 0 aliphatic heterocycles. The van der Waals surface area contributed by atoms with E-state index in [4.69, 9.17) is 5.73 Å². The van der Waals surface area contributed by atoms with Crippen molar-refractivity contribution < 1.29 is 14.4 Å². The summed E-state index contributed by atoms with van der Waals surface area (Å²) in [5.41, 5.74) is 5.96. The Morgan fingerprint density at radius 2 is 2.00 bits per heavy atom. The standard InChI is InChI=1S/C9H9NO3/c10-7(5-11)3-6-1-2-8(12)9(13)4-6/h1-2,4-5,7H,3,10H2. The highest BCUT2D eigenvalue weighted by atomic mass is 16.2. The minimum absolute atomic E-state index is 0.291. The Balaban J connectivity index is 2.68. The van der Waals surface area contributed by atoms with Gasteiger partial charge in [0.05, 0.1) is 6.04 Å². The molecular weight excluding hydrogens is 170 g/mol. The average Bonchev–Trinajstić information content (AvgIpc) is 2.11. The Labute approximate surface area is 75.1 Å². The fourth-order valence-corrected chi connectivity index (χ4v) is 1.000. The fraction of sp³-hybridized carbons (Fsp3) is 0.222. The number of rotatable bonds is 3. The van der Waals surface area contributed by atoms with E-state index in [-0.39, 0.29) is 0 Å². The van der Waals surface area contributed by atoms with Crippen LogP contribution in [0.4, 0.5) is 0 Å². The van der Waals surface area contributed by atoms with E-state index in [9.17, 15) is 14.4 Å². The van der Waals surface area contributed by atoms with Crippen molar-refractivity contribution in [2.24, 2.45) is 5.73 Å². The Bertz CT molecular complexity index is 315. The van der Waals surface area contributed by atoms with Gasteiger partial charge in [-0.05, 0) is 24.1 Å². The first kappa shape index (κ1) is 9.54. The lowest BCUT2D eigenvalue weighted by atomic mass is 10.00. The van der Waals surface area contributed by atoms with Crippen molar-refractivity contribution in [1.29, 1.82) is 0 Å². The molecule has 1 atom stereocenters. The second-order valence-electron chi connectivity index (χ2n) is 2.79. The van der Waals surface area contributed by atoms with Gasteiger partial charge in [0.2, 0.25) is 11.6 Å². The van der Waals surface area contributed by atoms with Gasteiger partial charge in [-0.25, -0.2) is 0 Å². The van der Waals surface area contributed by atoms with Gasteiger partial charge < -0.3 is 10.5 Å². The van der Waals surface area contributed by atoms with E-state index in [1.165, 1.54) is 18.2 Å². The van der Waals surface area contributed by atoms with Gasteiger partial charge in [0.15, 0.2) is 0 Å². The van der Waals surface area contributed by atoms with Gasteiger partial charge in [-0.15, -0.1) is 0 Å². The summed E-state index contributed by atoms with van der Waals surface area (Å²) in [5, 5.41) is 0. The number of allylic oxidation sites excluding steroid dienone is 3. The van der Waals surface area contributed by atoms with Crippen molar-refractivity contribution in [3.05, 3.63) is 23.8 Å². The van der Waals surface area contributed by atoms with E-state index in [2.05, 4.69) is 0 Å². The van der Waals surface area contributed by atoms with E-state index < -0.39 is 17.6 Å². The molecule has 0 fully saturated rings. The van der Waals surface area contributed by atoms with Crippen LogP contribution in [0.25, 0.3) is 0 Å². The van der Waals surface area contributed by atoms with Gasteiger partial charge in [0.1, 0.15) is 6.29 Å². The third kappa shape index (κ3) is 2.45. The summed E-state index contributed by atoms with van der Waals surface area (Å²) in [6, 6.07) is -0.614. The van der Waals surface area contributed by atoms with Gasteiger partial charge in [-0.3, -0.25) is 9.59 Å². The molecule has 13 heavy (non-hydrogen) atoms. The van der Waals surface area contributed by atoms with E-state index in [0.29, 0.717) is 18.3 Å². The van der Waals surface area contributed by atoms with Crippen molar-refractivity contribution in [2.45, 2.75) is 12.5 Å². The van der Waals surface area contributed by atoms with Crippen molar-refractivity contribution in [3.8, 4) is 0 Å². The first-order valence-corrected chi connectivity index (χ1v) is 3.81. The topological polar surface area (TPSA) is 77.2 Å². The zero-order valence-electron chi connectivity index (χ0n) is 6.90. The zero-order chi connectivity index (χ0) is 9.84. The lowest BCUT2D eigenvalue weighted by Crippen LogP contribution is -2.23. The molecule has 0 saturated heterocycles. The normalized spacial score (nSPS) is 18.4. The highest BCUT2D eigenvalue weighted by molar-refractivity contribution is 6.46. The molecule has 4 heteroatoms. The van der Waals surface area contributed by atoms with Crippen LogP contribution < -0.4 is 5.73 Å². The molecule has 0 bridgehead atoms. The van der Waals surface area contributed by atoms with Crippen LogP contribution in [0, 0.1) is 0 Å². The van der Waals surface area contributed by atoms with Gasteiger partial charge in [-0.1, -0.05) is 6.08 Å². The average molecular weight is 179 g/mol. The smallest absolute Gasteiger partial charge is 0.225 e. The summed E-state index contributed by atoms with van der Waals surface area (Å²) in [6.45, 7) is 0. The van der Waals surface area contributed by atoms with Crippen LogP contribution in [0.3, 0.4) is 0 Å². The van der Waals surface area contributed by atoms with Crippen molar-refractivity contribution in [3.63, 3.8) is 0 Å². The molecular formula is C9H9NO3. The molecule has 1 unspecified atom stereocenters. The maximum atomic E-state index is 10.9. The van der Waals surface area contributed by atoms with Crippen LogP contribution in [0.5, 0.6) is 0 Å². The summed E-state index contributed by atoms with van der Waals surface area (Å²) in [7, 11) is 0. The van der Waals surface area contributed by atoms with E-state index in [0.717, 1.165) is 0 Å². The fourth-order valence-electron chi connectivity index (χ4n) is 1.000. The molecule has 0 aromatic rings. The van der Waals surface area contributed by atoms with Crippen LogP contribution in [-0.4, -0.2) is 23.9 Å². The second-order valence-corrected chi connectivity index (χ2v) is 2.79. The Morgan fingerprint density at radius 3 is 2.54 bits per heavy atom. The maximum absolute atomic E-state index is 10.9. The van der Waals surface area contributed by atoms with Crippen LogP contribution in [-0.2, 0) is 14.4 Å². The minimum atomic E-state index is -0.614. The summed E-state index contributed by atoms with van der Waals surface area (Å²) in [6.07, 6.45) is 4.81. The predicted molar refractivity (Wildman–Crippen MR) is 45.9 cm³/mol. The van der Waals surface area contributed by atoms with Crippen molar-refractivity contribution >= 4 is 17.9 Å². The summed E-state index contributed by atoms with van der Waals surface area (Å²) in [5.74, 6) is -1.10.